The number of hydrogen-bond donors (Lipinski definition) is 0. The molecule has 1 nitrogen and oxygen atoms in total. The van der Waals surface area contributed by atoms with Gasteiger partial charge in [0.15, 0.2) is 0 Å². The zero-order valence-corrected chi connectivity index (χ0v) is 13.0. The summed E-state index contributed by atoms with van der Waals surface area (Å²) in [5.41, 5.74) is 0.667. The fourth-order valence-electron chi connectivity index (χ4n) is 1.97. The Hall–Kier alpha value is -1.13. The molecule has 20 heavy (non-hydrogen) atoms. The Balaban J connectivity index is 2.33. The Bertz CT molecular complexity index is 599. The third-order valence-corrected chi connectivity index (χ3v) is 3.86. The van der Waals surface area contributed by atoms with Crippen molar-refractivity contribution in [3.63, 3.8) is 0 Å². The van der Waals surface area contributed by atoms with Gasteiger partial charge in [0.2, 0.25) is 0 Å². The van der Waals surface area contributed by atoms with Gasteiger partial charge in [-0.15, -0.1) is 11.6 Å². The van der Waals surface area contributed by atoms with Crippen LogP contribution in [0.15, 0.2) is 40.9 Å². The van der Waals surface area contributed by atoms with Crippen LogP contribution in [0.2, 0.25) is 0 Å². The first kappa shape index (κ1) is 15.3. The van der Waals surface area contributed by atoms with Crippen molar-refractivity contribution in [2.75, 3.05) is 7.11 Å². The van der Waals surface area contributed by atoms with Crippen molar-refractivity contribution in [1.82, 2.24) is 0 Å². The smallest absolute Gasteiger partial charge is 0.129 e. The number of ether oxygens (including phenoxy) is 1. The van der Waals surface area contributed by atoms with Gasteiger partial charge < -0.3 is 4.74 Å². The van der Waals surface area contributed by atoms with Crippen LogP contribution in [0.5, 0.6) is 5.75 Å². The predicted molar refractivity (Wildman–Crippen MR) is 79.4 cm³/mol. The molecular weight excluding hydrogens is 350 g/mol. The van der Waals surface area contributed by atoms with Crippen LogP contribution >= 0.6 is 27.5 Å². The van der Waals surface area contributed by atoms with Gasteiger partial charge in [-0.25, -0.2) is 8.78 Å². The molecule has 0 fully saturated rings. The minimum Gasteiger partial charge on any atom is -0.496 e. The van der Waals surface area contributed by atoms with Crippen LogP contribution in [0.25, 0.3) is 0 Å². The molecule has 2 rings (SSSR count). The Morgan fingerprint density at radius 3 is 2.45 bits per heavy atom. The zero-order chi connectivity index (χ0) is 14.7. The highest BCUT2D eigenvalue weighted by Crippen LogP contribution is 2.35. The second kappa shape index (κ2) is 6.55. The van der Waals surface area contributed by atoms with Gasteiger partial charge in [-0.3, -0.25) is 0 Å². The predicted octanol–water partition coefficient (Wildman–Crippen LogP) is 5.26. The van der Waals surface area contributed by atoms with Crippen LogP contribution in [-0.4, -0.2) is 7.11 Å². The van der Waals surface area contributed by atoms with Crippen molar-refractivity contribution < 1.29 is 13.5 Å². The van der Waals surface area contributed by atoms with E-state index in [0.29, 0.717) is 11.3 Å². The molecule has 0 heterocycles. The summed E-state index contributed by atoms with van der Waals surface area (Å²) in [5, 5.41) is -0.589. The van der Waals surface area contributed by atoms with Crippen molar-refractivity contribution in [3.8, 4) is 5.75 Å². The first-order valence-electron chi connectivity index (χ1n) is 5.93. The largest absolute Gasteiger partial charge is 0.496 e. The first-order valence-corrected chi connectivity index (χ1v) is 7.16. The SMILES string of the molecule is COc1ccc(Br)cc1C(Cl)Cc1c(F)cccc1F. The maximum absolute atomic E-state index is 13.6. The monoisotopic (exact) mass is 360 g/mol. The van der Waals surface area contributed by atoms with Gasteiger partial charge in [-0.1, -0.05) is 22.0 Å². The highest BCUT2D eigenvalue weighted by atomic mass is 79.9. The Kier molecular flexibility index (Phi) is 5.00. The molecule has 1 atom stereocenters. The molecule has 0 bridgehead atoms. The fraction of sp³-hybridized carbons (Fsp3) is 0.200. The summed E-state index contributed by atoms with van der Waals surface area (Å²) in [6.07, 6.45) is 0.0485. The topological polar surface area (TPSA) is 9.23 Å². The average Bonchev–Trinajstić information content (AvgIpc) is 2.43. The minimum atomic E-state index is -0.593. The molecule has 0 saturated heterocycles. The summed E-state index contributed by atoms with van der Waals surface area (Å²) in [5.74, 6) is -0.598. The van der Waals surface area contributed by atoms with E-state index in [1.54, 1.807) is 12.1 Å². The molecule has 106 valence electrons. The summed E-state index contributed by atoms with van der Waals surface area (Å²) < 4.78 is 33.4. The average molecular weight is 362 g/mol. The lowest BCUT2D eigenvalue weighted by atomic mass is 10.0. The molecule has 0 aliphatic heterocycles. The molecule has 0 radical (unpaired) electrons. The van der Waals surface area contributed by atoms with Crippen LogP contribution < -0.4 is 4.74 Å². The summed E-state index contributed by atoms with van der Waals surface area (Å²) in [7, 11) is 1.53. The Morgan fingerprint density at radius 2 is 1.85 bits per heavy atom. The van der Waals surface area contributed by atoms with Crippen LogP contribution in [0.3, 0.4) is 0 Å². The van der Waals surface area contributed by atoms with E-state index in [9.17, 15) is 8.78 Å². The third kappa shape index (κ3) is 3.30. The molecule has 1 unspecified atom stereocenters. The van der Waals surface area contributed by atoms with Gasteiger partial charge in [0.25, 0.3) is 0 Å². The molecule has 0 N–H and O–H groups in total. The van der Waals surface area contributed by atoms with Gasteiger partial charge in [0, 0.05) is 15.6 Å². The molecule has 0 aromatic heterocycles. The van der Waals surface area contributed by atoms with E-state index < -0.39 is 17.0 Å². The van der Waals surface area contributed by atoms with Crippen molar-refractivity contribution in [2.24, 2.45) is 0 Å². The molecule has 0 aliphatic carbocycles. The van der Waals surface area contributed by atoms with E-state index >= 15 is 0 Å². The summed E-state index contributed by atoms with van der Waals surface area (Å²) in [6, 6.07) is 9.13. The lowest BCUT2D eigenvalue weighted by Gasteiger charge is -2.15. The second-order valence-electron chi connectivity index (χ2n) is 4.26. The molecule has 0 amide bonds. The number of alkyl halides is 1. The van der Waals surface area contributed by atoms with Gasteiger partial charge >= 0.3 is 0 Å². The van der Waals surface area contributed by atoms with E-state index in [4.69, 9.17) is 16.3 Å². The van der Waals surface area contributed by atoms with E-state index in [0.717, 1.165) is 4.47 Å². The van der Waals surface area contributed by atoms with Gasteiger partial charge in [0.05, 0.1) is 12.5 Å². The van der Waals surface area contributed by atoms with Crippen LogP contribution in [-0.2, 0) is 6.42 Å². The molecule has 2 aromatic rings. The molecular formula is C15H12BrClF2O. The standard InChI is InChI=1S/C15H12BrClF2O/c1-20-15-6-5-9(16)7-10(15)12(17)8-11-13(18)3-2-4-14(11)19/h2-7,12H,8H2,1H3. The normalized spacial score (nSPS) is 12.2. The van der Waals surface area contributed by atoms with E-state index in [1.165, 1.54) is 25.3 Å². The fourth-order valence-corrected chi connectivity index (χ4v) is 2.67. The summed E-state index contributed by atoms with van der Waals surface area (Å²) >= 11 is 9.65. The van der Waals surface area contributed by atoms with Crippen molar-refractivity contribution in [2.45, 2.75) is 11.8 Å². The second-order valence-corrected chi connectivity index (χ2v) is 5.70. The quantitative estimate of drug-likeness (QED) is 0.675. The summed E-state index contributed by atoms with van der Waals surface area (Å²) in [6.45, 7) is 0. The maximum atomic E-state index is 13.6. The highest BCUT2D eigenvalue weighted by molar-refractivity contribution is 9.10. The Labute approximate surface area is 129 Å². The molecule has 5 heteroatoms. The van der Waals surface area contributed by atoms with E-state index in [-0.39, 0.29) is 12.0 Å². The van der Waals surface area contributed by atoms with Gasteiger partial charge in [-0.2, -0.15) is 0 Å². The third-order valence-electron chi connectivity index (χ3n) is 2.97. The molecule has 0 aliphatic rings. The van der Waals surface area contributed by atoms with Gasteiger partial charge in [0.1, 0.15) is 17.4 Å². The highest BCUT2D eigenvalue weighted by Gasteiger charge is 2.18. The van der Waals surface area contributed by atoms with Crippen molar-refractivity contribution in [1.29, 1.82) is 0 Å². The molecule has 2 aromatic carbocycles. The number of hydrogen-bond acceptors (Lipinski definition) is 1. The van der Waals surface area contributed by atoms with Crippen LogP contribution in [0.4, 0.5) is 8.78 Å². The van der Waals surface area contributed by atoms with Crippen molar-refractivity contribution >= 4 is 27.5 Å². The maximum Gasteiger partial charge on any atom is 0.129 e. The minimum absolute atomic E-state index is 0.0190. The molecule has 0 spiro atoms. The van der Waals surface area contributed by atoms with Gasteiger partial charge in [-0.05, 0) is 36.8 Å². The summed E-state index contributed by atoms with van der Waals surface area (Å²) in [4.78, 5) is 0. The number of benzene rings is 2. The zero-order valence-electron chi connectivity index (χ0n) is 10.7. The van der Waals surface area contributed by atoms with Crippen LogP contribution in [0.1, 0.15) is 16.5 Å². The number of rotatable bonds is 4. The van der Waals surface area contributed by atoms with E-state index in [2.05, 4.69) is 15.9 Å². The van der Waals surface area contributed by atoms with E-state index in [1.807, 2.05) is 6.07 Å². The molecule has 0 saturated carbocycles. The first-order chi connectivity index (χ1) is 9.52. The number of halogens is 4. The van der Waals surface area contributed by atoms with Crippen molar-refractivity contribution in [3.05, 3.63) is 63.6 Å². The Morgan fingerprint density at radius 1 is 1.20 bits per heavy atom. The number of methoxy groups -OCH3 is 1. The van der Waals surface area contributed by atoms with Crippen LogP contribution in [0, 0.1) is 11.6 Å². The lowest BCUT2D eigenvalue weighted by molar-refractivity contribution is 0.408. The lowest BCUT2D eigenvalue weighted by Crippen LogP contribution is -2.03.